The molecular weight excluding hydrogens is 336 g/mol. The highest BCUT2D eigenvalue weighted by atomic mass is 79.9. The minimum absolute atomic E-state index is 0.126. The molecule has 112 valence electrons. The number of nitrogens with one attached hydrogen (secondary N) is 1. The zero-order valence-electron chi connectivity index (χ0n) is 11.5. The summed E-state index contributed by atoms with van der Waals surface area (Å²) in [6.45, 7) is 1.33. The van der Waals surface area contributed by atoms with Gasteiger partial charge in [0.2, 0.25) is 6.10 Å². The van der Waals surface area contributed by atoms with Crippen LogP contribution in [0.4, 0.5) is 0 Å². The number of benzene rings is 1. The van der Waals surface area contributed by atoms with Crippen LogP contribution in [0.3, 0.4) is 0 Å². The number of carbonyl (C=O) groups excluding carboxylic acids is 1. The molecule has 1 N–H and O–H groups in total. The third-order valence-electron chi connectivity index (χ3n) is 3.65. The van der Waals surface area contributed by atoms with Crippen molar-refractivity contribution in [3.05, 3.63) is 34.3 Å². The van der Waals surface area contributed by atoms with Gasteiger partial charge in [0.05, 0.1) is 11.8 Å². The first-order chi connectivity index (χ1) is 10.2. The number of nitrogens with zero attached hydrogens (tertiary/aromatic N) is 1. The van der Waals surface area contributed by atoms with E-state index in [2.05, 4.69) is 26.4 Å². The topological polar surface area (TPSA) is 59.9 Å². The maximum Gasteiger partial charge on any atom is 0.264 e. The summed E-state index contributed by atoms with van der Waals surface area (Å²) in [6, 6.07) is 7.81. The first-order valence-corrected chi connectivity index (χ1v) is 7.89. The van der Waals surface area contributed by atoms with Crippen LogP contribution in [-0.4, -0.2) is 37.0 Å². The van der Waals surface area contributed by atoms with Crippen molar-refractivity contribution < 1.29 is 14.4 Å². The number of halogens is 1. The van der Waals surface area contributed by atoms with Crippen LogP contribution in [0.2, 0.25) is 0 Å². The number of carbonyl (C=O) groups is 1. The van der Waals surface area contributed by atoms with Gasteiger partial charge in [-0.05, 0) is 25.0 Å². The van der Waals surface area contributed by atoms with Crippen LogP contribution in [0.25, 0.3) is 0 Å². The lowest BCUT2D eigenvalue weighted by Gasteiger charge is -2.13. The smallest absolute Gasteiger partial charge is 0.264 e. The van der Waals surface area contributed by atoms with Crippen LogP contribution < -0.4 is 5.32 Å². The summed E-state index contributed by atoms with van der Waals surface area (Å²) in [7, 11) is 0. The Bertz CT molecular complexity index is 556. The number of ether oxygens (including phenoxy) is 1. The van der Waals surface area contributed by atoms with E-state index in [-0.39, 0.29) is 12.0 Å². The molecule has 2 atom stereocenters. The van der Waals surface area contributed by atoms with Crippen LogP contribution >= 0.6 is 15.9 Å². The van der Waals surface area contributed by atoms with Crippen molar-refractivity contribution in [1.29, 1.82) is 0 Å². The first kappa shape index (κ1) is 14.5. The van der Waals surface area contributed by atoms with Crippen molar-refractivity contribution >= 4 is 27.5 Å². The fraction of sp³-hybridized carbons (Fsp3) is 0.467. The second-order valence-electron chi connectivity index (χ2n) is 5.23. The van der Waals surface area contributed by atoms with Crippen molar-refractivity contribution in [2.24, 2.45) is 5.16 Å². The van der Waals surface area contributed by atoms with Gasteiger partial charge in [-0.2, -0.15) is 0 Å². The second-order valence-corrected chi connectivity index (χ2v) is 6.14. The van der Waals surface area contributed by atoms with Gasteiger partial charge in [-0.1, -0.05) is 33.2 Å². The molecule has 5 nitrogen and oxygen atoms in total. The number of hydrogen-bond donors (Lipinski definition) is 1. The van der Waals surface area contributed by atoms with Crippen LogP contribution in [-0.2, 0) is 14.4 Å². The standard InChI is InChI=1S/C15H17BrN2O3/c16-11-4-1-3-10(7-11)13-8-14(21-18-13)15(19)17-9-12-5-2-6-20-12/h1,3-4,7,12,14H,2,5-6,8-9H2,(H,17,19)/t12-,14+/m1/s1. The molecule has 21 heavy (non-hydrogen) atoms. The molecule has 6 heteroatoms. The lowest BCUT2D eigenvalue weighted by Crippen LogP contribution is -2.39. The molecule has 1 fully saturated rings. The molecule has 0 unspecified atom stereocenters. The Morgan fingerprint density at radius 1 is 1.48 bits per heavy atom. The van der Waals surface area contributed by atoms with Crippen molar-refractivity contribution in [1.82, 2.24) is 5.32 Å². The lowest BCUT2D eigenvalue weighted by molar-refractivity contribution is -0.131. The third-order valence-corrected chi connectivity index (χ3v) is 4.14. The molecule has 1 saturated heterocycles. The zero-order valence-corrected chi connectivity index (χ0v) is 13.1. The molecule has 1 amide bonds. The third kappa shape index (κ3) is 3.63. The highest BCUT2D eigenvalue weighted by molar-refractivity contribution is 9.10. The van der Waals surface area contributed by atoms with Crippen molar-refractivity contribution in [2.75, 3.05) is 13.2 Å². The Hall–Kier alpha value is -1.40. The summed E-state index contributed by atoms with van der Waals surface area (Å²) in [6.07, 6.45) is 2.16. The van der Waals surface area contributed by atoms with E-state index < -0.39 is 6.10 Å². The average Bonchev–Trinajstić information content (AvgIpc) is 3.16. The van der Waals surface area contributed by atoms with Crippen molar-refractivity contribution in [2.45, 2.75) is 31.5 Å². The van der Waals surface area contributed by atoms with Gasteiger partial charge in [-0.15, -0.1) is 0 Å². The van der Waals surface area contributed by atoms with Crippen LogP contribution in [0.1, 0.15) is 24.8 Å². The molecule has 2 heterocycles. The normalized spacial score (nSPS) is 24.5. The maximum absolute atomic E-state index is 12.1. The molecule has 3 rings (SSSR count). The van der Waals surface area contributed by atoms with Gasteiger partial charge in [-0.25, -0.2) is 0 Å². The SMILES string of the molecule is O=C(NC[C@H]1CCCO1)[C@@H]1CC(c2cccc(Br)c2)=NO1. The Balaban J connectivity index is 1.52. The Labute approximate surface area is 131 Å². The molecule has 2 aliphatic rings. The predicted molar refractivity (Wildman–Crippen MR) is 82.2 cm³/mol. The van der Waals surface area contributed by atoms with Crippen LogP contribution in [0.15, 0.2) is 33.9 Å². The monoisotopic (exact) mass is 352 g/mol. The largest absolute Gasteiger partial charge is 0.382 e. The van der Waals surface area contributed by atoms with Crippen LogP contribution in [0, 0.1) is 0 Å². The van der Waals surface area contributed by atoms with Gasteiger partial charge in [0, 0.05) is 29.6 Å². The molecule has 1 aromatic rings. The number of rotatable bonds is 4. The summed E-state index contributed by atoms with van der Waals surface area (Å²) in [4.78, 5) is 17.3. The minimum atomic E-state index is -0.541. The van der Waals surface area contributed by atoms with Gasteiger partial charge in [-0.3, -0.25) is 4.79 Å². The van der Waals surface area contributed by atoms with E-state index in [0.717, 1.165) is 35.2 Å². The van der Waals surface area contributed by atoms with Gasteiger partial charge < -0.3 is 14.9 Å². The average molecular weight is 353 g/mol. The van der Waals surface area contributed by atoms with Crippen LogP contribution in [0.5, 0.6) is 0 Å². The highest BCUT2D eigenvalue weighted by Crippen LogP contribution is 2.20. The van der Waals surface area contributed by atoms with E-state index in [1.54, 1.807) is 0 Å². The minimum Gasteiger partial charge on any atom is -0.382 e. The van der Waals surface area contributed by atoms with E-state index in [9.17, 15) is 4.79 Å². The predicted octanol–water partition coefficient (Wildman–Crippen LogP) is 2.24. The molecule has 0 saturated carbocycles. The van der Waals surface area contributed by atoms with Gasteiger partial charge in [0.15, 0.2) is 0 Å². The van der Waals surface area contributed by atoms with Crippen molar-refractivity contribution in [3.63, 3.8) is 0 Å². The summed E-state index contributed by atoms with van der Waals surface area (Å²) in [5.74, 6) is -0.126. The number of amides is 1. The second kappa shape index (κ2) is 6.58. The molecule has 0 aliphatic carbocycles. The Kier molecular flexibility index (Phi) is 4.55. The molecular formula is C15H17BrN2O3. The highest BCUT2D eigenvalue weighted by Gasteiger charge is 2.29. The van der Waals surface area contributed by atoms with Crippen molar-refractivity contribution in [3.8, 4) is 0 Å². The van der Waals surface area contributed by atoms with E-state index in [0.29, 0.717) is 13.0 Å². The summed E-state index contributed by atoms with van der Waals surface area (Å²) in [5, 5.41) is 6.91. The maximum atomic E-state index is 12.1. The molecule has 1 aromatic carbocycles. The van der Waals surface area contributed by atoms with E-state index in [1.165, 1.54) is 0 Å². The fourth-order valence-electron chi connectivity index (χ4n) is 2.49. The zero-order chi connectivity index (χ0) is 14.7. The summed E-state index contributed by atoms with van der Waals surface area (Å²) < 4.78 is 6.46. The number of oxime groups is 1. The molecule has 0 radical (unpaired) electrons. The summed E-state index contributed by atoms with van der Waals surface area (Å²) in [5.41, 5.74) is 1.77. The Morgan fingerprint density at radius 3 is 3.14 bits per heavy atom. The van der Waals surface area contributed by atoms with E-state index in [1.807, 2.05) is 24.3 Å². The van der Waals surface area contributed by atoms with Gasteiger partial charge >= 0.3 is 0 Å². The molecule has 0 bridgehead atoms. The lowest BCUT2D eigenvalue weighted by atomic mass is 10.0. The van der Waals surface area contributed by atoms with Gasteiger partial charge in [0.1, 0.15) is 0 Å². The molecule has 0 aromatic heterocycles. The molecule has 0 spiro atoms. The van der Waals surface area contributed by atoms with E-state index in [4.69, 9.17) is 9.57 Å². The fourth-order valence-corrected chi connectivity index (χ4v) is 2.89. The van der Waals surface area contributed by atoms with E-state index >= 15 is 0 Å². The summed E-state index contributed by atoms with van der Waals surface area (Å²) >= 11 is 3.43. The van der Waals surface area contributed by atoms with Gasteiger partial charge in [0.25, 0.3) is 5.91 Å². The number of hydrogen-bond acceptors (Lipinski definition) is 4. The quantitative estimate of drug-likeness (QED) is 0.903. The Morgan fingerprint density at radius 2 is 2.38 bits per heavy atom. The first-order valence-electron chi connectivity index (χ1n) is 7.10. The molecule has 2 aliphatic heterocycles.